The van der Waals surface area contributed by atoms with E-state index in [1.54, 1.807) is 27.1 Å². The average Bonchev–Trinajstić information content (AvgIpc) is 1.97. The zero-order valence-corrected chi connectivity index (χ0v) is 7.51. The average molecular weight is 168 g/mol. The van der Waals surface area contributed by atoms with Gasteiger partial charge in [0.05, 0.1) is 5.92 Å². The summed E-state index contributed by atoms with van der Waals surface area (Å²) in [4.78, 5) is 31.6. The highest BCUT2D eigenvalue weighted by molar-refractivity contribution is 5.98. The van der Waals surface area contributed by atoms with Gasteiger partial charge in [-0.2, -0.15) is 0 Å². The van der Waals surface area contributed by atoms with E-state index in [2.05, 4.69) is 0 Å². The van der Waals surface area contributed by atoms with Crippen molar-refractivity contribution in [1.29, 1.82) is 0 Å². The number of carbonyl (C=O) groups excluding carboxylic acids is 3. The van der Waals surface area contributed by atoms with E-state index >= 15 is 0 Å². The fourth-order valence-corrected chi connectivity index (χ4v) is 0.794. The predicted octanol–water partition coefficient (Wildman–Crippen LogP) is 0.827. The van der Waals surface area contributed by atoms with Crippen molar-refractivity contribution in [2.24, 2.45) is 11.3 Å². The number of ketones is 1. The molecule has 0 aliphatic rings. The van der Waals surface area contributed by atoms with E-state index in [0.717, 1.165) is 0 Å². The Kier molecular flexibility index (Phi) is 3.80. The van der Waals surface area contributed by atoms with Crippen LogP contribution in [0.15, 0.2) is 0 Å². The predicted molar refractivity (Wildman–Crippen MR) is 44.0 cm³/mol. The molecule has 66 valence electrons. The summed E-state index contributed by atoms with van der Waals surface area (Å²) in [6.45, 7) is 5.10. The summed E-state index contributed by atoms with van der Waals surface area (Å²) in [5, 5.41) is 0. The summed E-state index contributed by atoms with van der Waals surface area (Å²) in [5.41, 5.74) is -0.598. The third-order valence-electron chi connectivity index (χ3n) is 1.49. The minimum Gasteiger partial charge on any atom is -0.298 e. The molecule has 0 amide bonds. The van der Waals surface area contributed by atoms with E-state index in [9.17, 15) is 14.4 Å². The molecular formula is C9H12O3. The van der Waals surface area contributed by atoms with Gasteiger partial charge in [0.2, 0.25) is 6.29 Å². The molecule has 1 atom stereocenters. The lowest BCUT2D eigenvalue weighted by Crippen LogP contribution is -2.29. The monoisotopic (exact) mass is 168 g/mol. The maximum atomic E-state index is 11.3. The van der Waals surface area contributed by atoms with Crippen molar-refractivity contribution in [3.8, 4) is 0 Å². The first-order valence-corrected chi connectivity index (χ1v) is 3.70. The van der Waals surface area contributed by atoms with Gasteiger partial charge >= 0.3 is 0 Å². The Bertz CT molecular complexity index is 188. The Morgan fingerprint density at radius 2 is 1.83 bits per heavy atom. The van der Waals surface area contributed by atoms with E-state index in [1.807, 2.05) is 0 Å². The third-order valence-corrected chi connectivity index (χ3v) is 1.49. The molecule has 3 nitrogen and oxygen atoms in total. The molecule has 0 saturated heterocycles. The molecule has 0 fully saturated rings. The lowest BCUT2D eigenvalue weighted by atomic mass is 9.82. The molecule has 0 N–H and O–H groups in total. The van der Waals surface area contributed by atoms with Gasteiger partial charge in [0.15, 0.2) is 6.29 Å². The molecule has 0 aromatic carbocycles. The maximum absolute atomic E-state index is 11.3. The van der Waals surface area contributed by atoms with Gasteiger partial charge in [0.25, 0.3) is 0 Å². The standard InChI is InChI=1S/C9H12O3/c1-9(2,3)8(12)7(6-11)4-5-10/h7H,4H2,1-3H3. The molecule has 0 rings (SSSR count). The van der Waals surface area contributed by atoms with Crippen molar-refractivity contribution in [3.05, 3.63) is 0 Å². The number of hydrogen-bond acceptors (Lipinski definition) is 3. The van der Waals surface area contributed by atoms with E-state index in [0.29, 0.717) is 0 Å². The molecule has 0 aliphatic carbocycles. The molecule has 0 aromatic heterocycles. The molecule has 12 heavy (non-hydrogen) atoms. The van der Waals surface area contributed by atoms with Gasteiger partial charge in [-0.3, -0.25) is 14.4 Å². The summed E-state index contributed by atoms with van der Waals surface area (Å²) >= 11 is 0. The number of hydrogen-bond donors (Lipinski definition) is 0. The third kappa shape index (κ3) is 2.95. The van der Waals surface area contributed by atoms with Crippen molar-refractivity contribution in [2.45, 2.75) is 27.2 Å². The minimum atomic E-state index is -0.942. The van der Waals surface area contributed by atoms with E-state index in [1.165, 1.54) is 6.29 Å². The van der Waals surface area contributed by atoms with E-state index in [4.69, 9.17) is 0 Å². The molecule has 2 radical (unpaired) electrons. The zero-order chi connectivity index (χ0) is 9.78. The fraction of sp³-hybridized carbons (Fsp3) is 0.667. The zero-order valence-electron chi connectivity index (χ0n) is 7.51. The molecule has 1 unspecified atom stereocenters. The van der Waals surface area contributed by atoms with Crippen LogP contribution < -0.4 is 0 Å². The van der Waals surface area contributed by atoms with Crippen LogP contribution >= 0.6 is 0 Å². The first-order valence-electron chi connectivity index (χ1n) is 3.70. The van der Waals surface area contributed by atoms with Gasteiger partial charge in [-0.1, -0.05) is 20.8 Å². The smallest absolute Gasteiger partial charge is 0.210 e. The normalized spacial score (nSPS) is 13.6. The van der Waals surface area contributed by atoms with Crippen LogP contribution in [0.5, 0.6) is 0 Å². The van der Waals surface area contributed by atoms with Crippen molar-refractivity contribution in [1.82, 2.24) is 0 Å². The van der Waals surface area contributed by atoms with E-state index < -0.39 is 11.3 Å². The largest absolute Gasteiger partial charge is 0.298 e. The molecule has 0 bridgehead atoms. The van der Waals surface area contributed by atoms with E-state index in [-0.39, 0.29) is 12.2 Å². The second-order valence-corrected chi connectivity index (χ2v) is 3.63. The summed E-state index contributed by atoms with van der Waals surface area (Å²) < 4.78 is 0. The van der Waals surface area contributed by atoms with Crippen molar-refractivity contribution < 1.29 is 14.4 Å². The Morgan fingerprint density at radius 1 is 1.33 bits per heavy atom. The Balaban J connectivity index is 4.42. The molecular weight excluding hydrogens is 156 g/mol. The number of rotatable bonds is 4. The highest BCUT2D eigenvalue weighted by Crippen LogP contribution is 2.20. The maximum Gasteiger partial charge on any atom is 0.210 e. The summed E-state index contributed by atoms with van der Waals surface area (Å²) in [6, 6.07) is 0. The van der Waals surface area contributed by atoms with Crippen LogP contribution in [0.3, 0.4) is 0 Å². The van der Waals surface area contributed by atoms with Gasteiger partial charge in [-0.05, 0) is 0 Å². The first kappa shape index (κ1) is 11.0. The second kappa shape index (κ2) is 4.14. The Hall–Kier alpha value is -0.990. The van der Waals surface area contributed by atoms with Gasteiger partial charge in [-0.25, -0.2) is 0 Å². The highest BCUT2D eigenvalue weighted by atomic mass is 16.1. The number of Topliss-reactive ketones (excluding diaryl/α,β-unsaturated/α-hetero) is 1. The van der Waals surface area contributed by atoms with Crippen LogP contribution in [-0.2, 0) is 14.4 Å². The van der Waals surface area contributed by atoms with Gasteiger partial charge in [-0.15, -0.1) is 0 Å². The molecule has 0 spiro atoms. The van der Waals surface area contributed by atoms with Crippen LogP contribution in [0.2, 0.25) is 0 Å². The van der Waals surface area contributed by atoms with Gasteiger partial charge in [0, 0.05) is 11.8 Å². The van der Waals surface area contributed by atoms with Crippen LogP contribution in [-0.4, -0.2) is 18.4 Å². The molecule has 0 heterocycles. The summed E-state index contributed by atoms with van der Waals surface area (Å²) in [5.74, 6) is -1.21. The van der Waals surface area contributed by atoms with Crippen LogP contribution in [0.1, 0.15) is 27.2 Å². The van der Waals surface area contributed by atoms with Crippen LogP contribution in [0.25, 0.3) is 0 Å². The topological polar surface area (TPSA) is 51.2 Å². The first-order chi connectivity index (χ1) is 5.43. The van der Waals surface area contributed by atoms with Gasteiger partial charge in [0.1, 0.15) is 5.78 Å². The Labute approximate surface area is 72.1 Å². The van der Waals surface area contributed by atoms with Crippen molar-refractivity contribution in [2.75, 3.05) is 0 Å². The van der Waals surface area contributed by atoms with Crippen LogP contribution in [0.4, 0.5) is 0 Å². The molecule has 0 saturated carbocycles. The highest BCUT2D eigenvalue weighted by Gasteiger charge is 2.29. The van der Waals surface area contributed by atoms with Crippen LogP contribution in [0, 0.1) is 11.3 Å². The van der Waals surface area contributed by atoms with Crippen molar-refractivity contribution >= 4 is 18.4 Å². The summed E-state index contributed by atoms with van der Waals surface area (Å²) in [7, 11) is 0. The molecule has 0 aromatic rings. The van der Waals surface area contributed by atoms with Gasteiger partial charge < -0.3 is 0 Å². The minimum absolute atomic E-state index is 0.181. The lowest BCUT2D eigenvalue weighted by molar-refractivity contribution is -0.128. The molecule has 3 heteroatoms. The quantitative estimate of drug-likeness (QED) is 0.584. The SMILES string of the molecule is CC(C)(C)C(=O)C([C]=O)C[C]=O. The number of carbonyl (C=O) groups is 1. The molecule has 0 aliphatic heterocycles. The summed E-state index contributed by atoms with van der Waals surface area (Å²) in [6.07, 6.45) is 2.90. The second-order valence-electron chi connectivity index (χ2n) is 3.63. The van der Waals surface area contributed by atoms with Crippen molar-refractivity contribution in [3.63, 3.8) is 0 Å². The fourth-order valence-electron chi connectivity index (χ4n) is 0.794. The lowest BCUT2D eigenvalue weighted by Gasteiger charge is -2.18. The Morgan fingerprint density at radius 3 is 2.08 bits per heavy atom.